The van der Waals surface area contributed by atoms with Crippen LogP contribution in [-0.2, 0) is 14.3 Å². The van der Waals surface area contributed by atoms with Crippen molar-refractivity contribution >= 4 is 24.5 Å². The molecule has 0 aromatic heterocycles. The molecule has 7 nitrogen and oxygen atoms in total. The van der Waals surface area contributed by atoms with Crippen LogP contribution in [0.3, 0.4) is 0 Å². The van der Waals surface area contributed by atoms with Crippen molar-refractivity contribution < 1.29 is 19.1 Å². The number of carbonyl (C=O) groups excluding carboxylic acids is 2. The Kier molecular flexibility index (Phi) is 6.73. The molecule has 0 aliphatic heterocycles. The second-order valence-electron chi connectivity index (χ2n) is 4.10. The van der Waals surface area contributed by atoms with Gasteiger partial charge in [0.2, 0.25) is 12.3 Å². The molecule has 114 valence electrons. The Labute approximate surface area is 123 Å². The molecule has 0 aliphatic rings. The minimum atomic E-state index is 0.107. The predicted molar refractivity (Wildman–Crippen MR) is 79.4 cm³/mol. The summed E-state index contributed by atoms with van der Waals surface area (Å²) in [4.78, 5) is 22.9. The number of hydrogen-bond donors (Lipinski definition) is 1. The van der Waals surface area contributed by atoms with Gasteiger partial charge in [-0.15, -0.1) is 5.10 Å². The van der Waals surface area contributed by atoms with Crippen molar-refractivity contribution in [1.82, 2.24) is 5.43 Å². The molecule has 1 aromatic carbocycles. The number of carbonyl (C=O) groups is 2. The van der Waals surface area contributed by atoms with Crippen LogP contribution in [0.5, 0.6) is 5.75 Å². The molecule has 0 spiro atoms. The summed E-state index contributed by atoms with van der Waals surface area (Å²) in [5.41, 5.74) is 3.66. The minimum Gasteiger partial charge on any atom is -0.491 e. The van der Waals surface area contributed by atoms with E-state index in [9.17, 15) is 9.59 Å². The topological polar surface area (TPSA) is 80.2 Å². The molecule has 1 aromatic rings. The Morgan fingerprint density at radius 2 is 2.19 bits per heavy atom. The van der Waals surface area contributed by atoms with E-state index >= 15 is 0 Å². The Hall–Kier alpha value is -2.57. The number of amides is 1. The van der Waals surface area contributed by atoms with Crippen molar-refractivity contribution in [3.63, 3.8) is 0 Å². The number of rotatable bonds is 8. The zero-order valence-electron chi connectivity index (χ0n) is 12.3. The van der Waals surface area contributed by atoms with Gasteiger partial charge in [0.1, 0.15) is 5.75 Å². The molecule has 0 saturated carbocycles. The van der Waals surface area contributed by atoms with E-state index in [1.165, 1.54) is 4.90 Å². The summed E-state index contributed by atoms with van der Waals surface area (Å²) in [7, 11) is 3.20. The van der Waals surface area contributed by atoms with Gasteiger partial charge in [0.05, 0.1) is 12.3 Å². The summed E-state index contributed by atoms with van der Waals surface area (Å²) in [6, 6.07) is 5.07. The van der Waals surface area contributed by atoms with Crippen molar-refractivity contribution in [2.45, 2.75) is 13.3 Å². The predicted octanol–water partition coefficient (Wildman–Crippen LogP) is 1.12. The number of hydrazone groups is 1. The van der Waals surface area contributed by atoms with Gasteiger partial charge in [0.15, 0.2) is 0 Å². The van der Waals surface area contributed by atoms with Crippen LogP contribution in [0.1, 0.15) is 18.9 Å². The van der Waals surface area contributed by atoms with Gasteiger partial charge in [-0.25, -0.2) is 0 Å². The Balaban J connectivity index is 3.21. The number of hydrogen-bond acceptors (Lipinski definition) is 6. The summed E-state index contributed by atoms with van der Waals surface area (Å²) in [5, 5.41) is 3.87. The molecule has 1 rings (SSSR count). The molecule has 0 atom stereocenters. The first-order chi connectivity index (χ1) is 10.2. The van der Waals surface area contributed by atoms with E-state index in [4.69, 9.17) is 9.47 Å². The maximum absolute atomic E-state index is 11.0. The summed E-state index contributed by atoms with van der Waals surface area (Å²) < 4.78 is 10.4. The molecule has 21 heavy (non-hydrogen) atoms. The number of nitrogens with zero attached hydrogens (tertiary/aromatic N) is 2. The van der Waals surface area contributed by atoms with E-state index in [1.54, 1.807) is 32.3 Å². The summed E-state index contributed by atoms with van der Waals surface area (Å²) in [6.07, 6.45) is 1.53. The highest BCUT2D eigenvalue weighted by Crippen LogP contribution is 2.28. The third-order valence-corrected chi connectivity index (χ3v) is 2.58. The lowest BCUT2D eigenvalue weighted by Crippen LogP contribution is -2.17. The van der Waals surface area contributed by atoms with Gasteiger partial charge >= 0.3 is 0 Å². The summed E-state index contributed by atoms with van der Waals surface area (Å²) >= 11 is 0. The molecule has 1 amide bonds. The highest BCUT2D eigenvalue weighted by atomic mass is 16.5. The smallest absolute Gasteiger partial charge is 0.299 e. The van der Waals surface area contributed by atoms with Crippen LogP contribution in [0.2, 0.25) is 0 Å². The van der Waals surface area contributed by atoms with Crippen LogP contribution >= 0.6 is 0 Å². The van der Waals surface area contributed by atoms with E-state index in [1.807, 2.05) is 6.92 Å². The lowest BCUT2D eigenvalue weighted by Gasteiger charge is -2.17. The first-order valence-electron chi connectivity index (χ1n) is 6.48. The van der Waals surface area contributed by atoms with Gasteiger partial charge in [0, 0.05) is 19.7 Å². The Bertz CT molecular complexity index is 517. The molecule has 0 unspecified atom stereocenters. The van der Waals surface area contributed by atoms with Crippen molar-refractivity contribution in [3.8, 4) is 5.75 Å². The molecule has 0 fully saturated rings. The molecule has 0 aliphatic carbocycles. The van der Waals surface area contributed by atoms with E-state index in [0.717, 1.165) is 6.42 Å². The standard InChI is InChI=1S/C14H19N3O4/c1-4-7-20-13-6-5-11(8-12(13)17(3)9-18)14(16-15-2)21-10-19/h5-6,8-10,15H,4,7H2,1-3H3/b16-14-. The summed E-state index contributed by atoms with van der Waals surface area (Å²) in [6.45, 7) is 2.83. The van der Waals surface area contributed by atoms with Crippen molar-refractivity contribution in [2.24, 2.45) is 5.10 Å². The zero-order valence-corrected chi connectivity index (χ0v) is 12.3. The SMILES string of the molecule is CCCOc1ccc(/C(=N/NC)OC=O)cc1N(C)C=O. The molecular weight excluding hydrogens is 274 g/mol. The first kappa shape index (κ1) is 16.5. The monoisotopic (exact) mass is 293 g/mol. The minimum absolute atomic E-state index is 0.107. The molecule has 0 radical (unpaired) electrons. The fourth-order valence-electron chi connectivity index (χ4n) is 1.62. The van der Waals surface area contributed by atoms with Gasteiger partial charge in [-0.05, 0) is 24.6 Å². The highest BCUT2D eigenvalue weighted by molar-refractivity contribution is 5.99. The normalized spacial score (nSPS) is 10.7. The lowest BCUT2D eigenvalue weighted by molar-refractivity contribution is -0.121. The molecule has 1 N–H and O–H groups in total. The maximum Gasteiger partial charge on any atom is 0.299 e. The van der Waals surface area contributed by atoms with Crippen LogP contribution in [0.25, 0.3) is 0 Å². The Morgan fingerprint density at radius 3 is 2.76 bits per heavy atom. The fraction of sp³-hybridized carbons (Fsp3) is 0.357. The Morgan fingerprint density at radius 1 is 1.43 bits per heavy atom. The average Bonchev–Trinajstić information content (AvgIpc) is 2.51. The molecule has 0 saturated heterocycles. The van der Waals surface area contributed by atoms with Crippen LogP contribution < -0.4 is 15.1 Å². The second-order valence-corrected chi connectivity index (χ2v) is 4.10. The quantitative estimate of drug-likeness (QED) is 0.336. The van der Waals surface area contributed by atoms with Crippen LogP contribution in [0.15, 0.2) is 23.3 Å². The third kappa shape index (κ3) is 4.48. The maximum atomic E-state index is 11.0. The van der Waals surface area contributed by atoms with Crippen LogP contribution in [0.4, 0.5) is 5.69 Å². The second kappa shape index (κ2) is 8.57. The molecule has 0 bridgehead atoms. The fourth-order valence-corrected chi connectivity index (χ4v) is 1.62. The third-order valence-electron chi connectivity index (χ3n) is 2.58. The van der Waals surface area contributed by atoms with E-state index in [-0.39, 0.29) is 5.90 Å². The number of benzene rings is 1. The van der Waals surface area contributed by atoms with E-state index in [0.29, 0.717) is 36.5 Å². The lowest BCUT2D eigenvalue weighted by atomic mass is 10.1. The van der Waals surface area contributed by atoms with Gasteiger partial charge in [-0.3, -0.25) is 9.59 Å². The number of nitrogens with one attached hydrogen (secondary N) is 1. The largest absolute Gasteiger partial charge is 0.491 e. The molecule has 0 heterocycles. The summed E-state index contributed by atoms with van der Waals surface area (Å²) in [5.74, 6) is 0.681. The first-order valence-corrected chi connectivity index (χ1v) is 6.48. The number of anilines is 1. The average molecular weight is 293 g/mol. The van der Waals surface area contributed by atoms with Crippen molar-refractivity contribution in [3.05, 3.63) is 23.8 Å². The van der Waals surface area contributed by atoms with Gasteiger partial charge in [-0.1, -0.05) is 6.92 Å². The van der Waals surface area contributed by atoms with Gasteiger partial charge in [-0.2, -0.15) is 0 Å². The van der Waals surface area contributed by atoms with Crippen LogP contribution in [-0.4, -0.2) is 39.5 Å². The van der Waals surface area contributed by atoms with Crippen molar-refractivity contribution in [1.29, 1.82) is 0 Å². The van der Waals surface area contributed by atoms with Crippen molar-refractivity contribution in [2.75, 3.05) is 25.6 Å². The highest BCUT2D eigenvalue weighted by Gasteiger charge is 2.13. The molecule has 7 heteroatoms. The van der Waals surface area contributed by atoms with E-state index in [2.05, 4.69) is 10.5 Å². The van der Waals surface area contributed by atoms with E-state index < -0.39 is 0 Å². The zero-order chi connectivity index (χ0) is 15.7. The van der Waals surface area contributed by atoms with Gasteiger partial charge < -0.3 is 19.8 Å². The van der Waals surface area contributed by atoms with Gasteiger partial charge in [0.25, 0.3) is 6.47 Å². The van der Waals surface area contributed by atoms with Crippen LogP contribution in [0, 0.1) is 0 Å². The number of ether oxygens (including phenoxy) is 2. The molecular formula is C14H19N3O4.